The maximum absolute atomic E-state index is 12.8. The van der Waals surface area contributed by atoms with Crippen LogP contribution in [0.1, 0.15) is 17.9 Å². The van der Waals surface area contributed by atoms with Gasteiger partial charge in [-0.05, 0) is 5.56 Å². The molecule has 2 heterocycles. The standard InChI is InChI=1S/C14H13F2N5OS/c15-12(16)20-7-6-17-11(20)9-23-14-19-18-13(22)21(14)8-10-4-2-1-3-5-10/h1-7,12H,8-9H2,(H,18,22). The summed E-state index contributed by atoms with van der Waals surface area (Å²) in [4.78, 5) is 15.8. The van der Waals surface area contributed by atoms with Gasteiger partial charge in [-0.3, -0.25) is 9.13 Å². The van der Waals surface area contributed by atoms with Crippen LogP contribution >= 0.6 is 11.8 Å². The fourth-order valence-corrected chi connectivity index (χ4v) is 2.98. The molecule has 0 saturated heterocycles. The second-order valence-corrected chi connectivity index (χ2v) is 5.64. The van der Waals surface area contributed by atoms with Crippen LogP contribution in [0.4, 0.5) is 8.78 Å². The van der Waals surface area contributed by atoms with Crippen molar-refractivity contribution in [3.63, 3.8) is 0 Å². The molecule has 0 radical (unpaired) electrons. The van der Waals surface area contributed by atoms with Gasteiger partial charge in [0.05, 0.1) is 12.3 Å². The summed E-state index contributed by atoms with van der Waals surface area (Å²) in [7, 11) is 0. The van der Waals surface area contributed by atoms with Crippen LogP contribution in [0.3, 0.4) is 0 Å². The van der Waals surface area contributed by atoms with Crippen molar-refractivity contribution in [3.8, 4) is 0 Å². The molecule has 9 heteroatoms. The number of benzene rings is 1. The van der Waals surface area contributed by atoms with E-state index in [4.69, 9.17) is 0 Å². The van der Waals surface area contributed by atoms with Crippen LogP contribution in [-0.2, 0) is 12.3 Å². The average molecular weight is 337 g/mol. The Bertz CT molecular complexity index is 827. The Hall–Kier alpha value is -2.42. The smallest absolute Gasteiger partial charge is 0.277 e. The zero-order chi connectivity index (χ0) is 16.2. The minimum Gasteiger partial charge on any atom is -0.277 e. The molecule has 0 spiro atoms. The fraction of sp³-hybridized carbons (Fsp3) is 0.214. The first kappa shape index (κ1) is 15.5. The number of hydrogen-bond donors (Lipinski definition) is 1. The van der Waals surface area contributed by atoms with Gasteiger partial charge in [0, 0.05) is 12.4 Å². The van der Waals surface area contributed by atoms with Gasteiger partial charge in [-0.2, -0.15) is 8.78 Å². The zero-order valence-corrected chi connectivity index (χ0v) is 12.7. The van der Waals surface area contributed by atoms with Gasteiger partial charge >= 0.3 is 12.2 Å². The van der Waals surface area contributed by atoms with Crippen LogP contribution < -0.4 is 5.69 Å². The van der Waals surface area contributed by atoms with E-state index in [1.54, 1.807) is 0 Å². The molecule has 0 aliphatic rings. The Labute approximate surface area is 134 Å². The van der Waals surface area contributed by atoms with Gasteiger partial charge in [0.25, 0.3) is 0 Å². The van der Waals surface area contributed by atoms with Crippen molar-refractivity contribution in [1.29, 1.82) is 0 Å². The predicted octanol–water partition coefficient (Wildman–Crippen LogP) is 2.50. The summed E-state index contributed by atoms with van der Waals surface area (Å²) in [6.07, 6.45) is 2.55. The van der Waals surface area contributed by atoms with Crippen LogP contribution in [0, 0.1) is 0 Å². The molecule has 0 unspecified atom stereocenters. The zero-order valence-electron chi connectivity index (χ0n) is 11.9. The van der Waals surface area contributed by atoms with Crippen molar-refractivity contribution in [1.82, 2.24) is 24.3 Å². The quantitative estimate of drug-likeness (QED) is 0.702. The third kappa shape index (κ3) is 3.50. The molecular formula is C14H13F2N5OS. The number of aromatic amines is 1. The van der Waals surface area contributed by atoms with Gasteiger partial charge in [-0.15, -0.1) is 5.10 Å². The minimum absolute atomic E-state index is 0.191. The first-order valence-corrected chi connectivity index (χ1v) is 7.75. The summed E-state index contributed by atoms with van der Waals surface area (Å²) in [5.41, 5.74) is 0.612. The fourth-order valence-electron chi connectivity index (χ4n) is 2.08. The Balaban J connectivity index is 1.76. The maximum Gasteiger partial charge on any atom is 0.344 e. The molecule has 3 aromatic rings. The molecular weight excluding hydrogens is 324 g/mol. The van der Waals surface area contributed by atoms with E-state index in [9.17, 15) is 13.6 Å². The first-order chi connectivity index (χ1) is 11.1. The van der Waals surface area contributed by atoms with Crippen molar-refractivity contribution in [2.75, 3.05) is 0 Å². The van der Waals surface area contributed by atoms with E-state index in [1.165, 1.54) is 28.7 Å². The molecule has 0 amide bonds. The first-order valence-electron chi connectivity index (χ1n) is 6.77. The van der Waals surface area contributed by atoms with Crippen molar-refractivity contribution >= 4 is 11.8 Å². The summed E-state index contributed by atoms with van der Waals surface area (Å²) < 4.78 is 27.8. The molecule has 0 atom stereocenters. The Kier molecular flexibility index (Phi) is 4.56. The number of hydrogen-bond acceptors (Lipinski definition) is 4. The molecule has 0 aliphatic carbocycles. The summed E-state index contributed by atoms with van der Waals surface area (Å²) in [5, 5.41) is 6.77. The largest absolute Gasteiger partial charge is 0.344 e. The van der Waals surface area contributed by atoms with Crippen LogP contribution in [0.5, 0.6) is 0 Å². The molecule has 0 fully saturated rings. The van der Waals surface area contributed by atoms with Crippen LogP contribution in [-0.4, -0.2) is 24.3 Å². The number of aromatic nitrogens is 5. The molecule has 6 nitrogen and oxygen atoms in total. The molecule has 0 bridgehead atoms. The molecule has 3 rings (SSSR count). The van der Waals surface area contributed by atoms with Crippen LogP contribution in [0.2, 0.25) is 0 Å². The third-order valence-electron chi connectivity index (χ3n) is 3.20. The third-order valence-corrected chi connectivity index (χ3v) is 4.17. The Morgan fingerprint density at radius 1 is 1.26 bits per heavy atom. The van der Waals surface area contributed by atoms with E-state index in [-0.39, 0.29) is 17.3 Å². The Morgan fingerprint density at radius 2 is 2.04 bits per heavy atom. The highest BCUT2D eigenvalue weighted by Gasteiger charge is 2.14. The summed E-state index contributed by atoms with van der Waals surface area (Å²) in [6, 6.07) is 9.45. The summed E-state index contributed by atoms with van der Waals surface area (Å²) >= 11 is 1.18. The van der Waals surface area contributed by atoms with Crippen molar-refractivity contribution in [2.24, 2.45) is 0 Å². The van der Waals surface area contributed by atoms with E-state index in [2.05, 4.69) is 15.2 Å². The summed E-state index contributed by atoms with van der Waals surface area (Å²) in [5.74, 6) is 0.419. The van der Waals surface area contributed by atoms with E-state index in [0.29, 0.717) is 11.7 Å². The molecule has 0 aliphatic heterocycles. The normalized spacial score (nSPS) is 11.3. The lowest BCUT2D eigenvalue weighted by Crippen LogP contribution is -2.18. The highest BCUT2D eigenvalue weighted by atomic mass is 32.2. The van der Waals surface area contributed by atoms with Crippen molar-refractivity contribution in [3.05, 3.63) is 64.6 Å². The highest BCUT2D eigenvalue weighted by Crippen LogP contribution is 2.22. The van der Waals surface area contributed by atoms with Crippen LogP contribution in [0.25, 0.3) is 0 Å². The number of rotatable bonds is 6. The van der Waals surface area contributed by atoms with E-state index >= 15 is 0 Å². The predicted molar refractivity (Wildman–Crippen MR) is 81.4 cm³/mol. The lowest BCUT2D eigenvalue weighted by Gasteiger charge is -2.07. The van der Waals surface area contributed by atoms with Gasteiger partial charge in [0.15, 0.2) is 5.16 Å². The number of nitrogens with zero attached hydrogens (tertiary/aromatic N) is 4. The lowest BCUT2D eigenvalue weighted by molar-refractivity contribution is 0.0678. The van der Waals surface area contributed by atoms with Crippen LogP contribution in [0.15, 0.2) is 52.7 Å². The summed E-state index contributed by atoms with van der Waals surface area (Å²) in [6.45, 7) is -2.28. The van der Waals surface area contributed by atoms with Gasteiger partial charge in [-0.1, -0.05) is 42.1 Å². The van der Waals surface area contributed by atoms with E-state index in [0.717, 1.165) is 10.1 Å². The Morgan fingerprint density at radius 3 is 2.78 bits per heavy atom. The number of nitrogens with one attached hydrogen (secondary N) is 1. The molecule has 23 heavy (non-hydrogen) atoms. The monoisotopic (exact) mass is 337 g/mol. The van der Waals surface area contributed by atoms with E-state index in [1.807, 2.05) is 30.3 Å². The SMILES string of the molecule is O=c1[nH]nc(SCc2nccn2C(F)F)n1Cc1ccccc1. The number of H-pyrrole nitrogens is 1. The maximum atomic E-state index is 12.8. The van der Waals surface area contributed by atoms with Gasteiger partial charge in [-0.25, -0.2) is 14.9 Å². The minimum atomic E-state index is -2.64. The number of alkyl halides is 2. The number of halogens is 2. The molecule has 1 N–H and O–H groups in total. The molecule has 1 aromatic carbocycles. The number of imidazole rings is 1. The average Bonchev–Trinajstić information content (AvgIpc) is 3.15. The molecule has 120 valence electrons. The topological polar surface area (TPSA) is 68.5 Å². The van der Waals surface area contributed by atoms with Crippen molar-refractivity contribution in [2.45, 2.75) is 24.0 Å². The second-order valence-electron chi connectivity index (χ2n) is 4.70. The molecule has 0 saturated carbocycles. The molecule has 2 aromatic heterocycles. The van der Waals surface area contributed by atoms with E-state index < -0.39 is 6.55 Å². The van der Waals surface area contributed by atoms with Crippen molar-refractivity contribution < 1.29 is 8.78 Å². The van der Waals surface area contributed by atoms with Gasteiger partial charge in [0.1, 0.15) is 5.82 Å². The lowest BCUT2D eigenvalue weighted by atomic mass is 10.2. The second kappa shape index (κ2) is 6.78. The number of thioether (sulfide) groups is 1. The van der Waals surface area contributed by atoms with Gasteiger partial charge < -0.3 is 0 Å². The highest BCUT2D eigenvalue weighted by molar-refractivity contribution is 7.98. The van der Waals surface area contributed by atoms with Gasteiger partial charge in [0.2, 0.25) is 0 Å².